The van der Waals surface area contributed by atoms with Crippen LogP contribution in [0.15, 0.2) is 30.3 Å². The Balaban J connectivity index is 2.50. The van der Waals surface area contributed by atoms with Crippen molar-refractivity contribution in [2.24, 2.45) is 5.73 Å². The zero-order chi connectivity index (χ0) is 14.5. The Kier molecular flexibility index (Phi) is 5.50. The molecule has 0 aliphatic rings. The van der Waals surface area contributed by atoms with Gasteiger partial charge in [0.25, 0.3) is 0 Å². The van der Waals surface area contributed by atoms with Gasteiger partial charge in [-0.25, -0.2) is 8.42 Å². The Bertz CT molecular complexity index is 512. The van der Waals surface area contributed by atoms with Crippen molar-refractivity contribution in [3.8, 4) is 0 Å². The summed E-state index contributed by atoms with van der Waals surface area (Å²) in [5.41, 5.74) is 6.76. The number of hydrogen-bond acceptors (Lipinski definition) is 4. The average Bonchev–Trinajstić information content (AvgIpc) is 2.36. The van der Waals surface area contributed by atoms with Crippen molar-refractivity contribution in [2.45, 2.75) is 38.0 Å². The van der Waals surface area contributed by atoms with Gasteiger partial charge in [0.1, 0.15) is 0 Å². The molecule has 5 nitrogen and oxygen atoms in total. The van der Waals surface area contributed by atoms with Crippen molar-refractivity contribution in [3.63, 3.8) is 0 Å². The Morgan fingerprint density at radius 1 is 1.26 bits per heavy atom. The quantitative estimate of drug-likeness (QED) is 0.808. The molecule has 0 aromatic heterocycles. The van der Waals surface area contributed by atoms with E-state index in [9.17, 15) is 13.2 Å². The van der Waals surface area contributed by atoms with E-state index >= 15 is 0 Å². The lowest BCUT2D eigenvalue weighted by Crippen LogP contribution is -2.45. The van der Waals surface area contributed by atoms with Crippen LogP contribution < -0.4 is 10.5 Å². The van der Waals surface area contributed by atoms with Gasteiger partial charge in [0.15, 0.2) is 0 Å². The van der Waals surface area contributed by atoms with Crippen molar-refractivity contribution in [1.82, 2.24) is 4.72 Å². The Morgan fingerprint density at radius 3 is 2.37 bits per heavy atom. The summed E-state index contributed by atoms with van der Waals surface area (Å²) in [6, 6.07) is 8.78. The second kappa shape index (κ2) is 6.68. The van der Waals surface area contributed by atoms with Gasteiger partial charge in [-0.15, -0.1) is 0 Å². The van der Waals surface area contributed by atoms with Crippen molar-refractivity contribution in [1.29, 1.82) is 0 Å². The highest BCUT2D eigenvalue weighted by molar-refractivity contribution is 7.90. The van der Waals surface area contributed by atoms with Gasteiger partial charge in [0.2, 0.25) is 15.9 Å². The molecule has 0 radical (unpaired) electrons. The van der Waals surface area contributed by atoms with Gasteiger partial charge in [-0.05, 0) is 32.3 Å². The van der Waals surface area contributed by atoms with Crippen molar-refractivity contribution < 1.29 is 13.2 Å². The molecule has 1 unspecified atom stereocenters. The van der Waals surface area contributed by atoms with Crippen LogP contribution in [-0.2, 0) is 21.2 Å². The maximum absolute atomic E-state index is 11.7. The summed E-state index contributed by atoms with van der Waals surface area (Å²) in [6.45, 7) is 3.01. The second-order valence-corrected chi connectivity index (χ2v) is 6.93. The van der Waals surface area contributed by atoms with E-state index in [4.69, 9.17) is 5.73 Å². The van der Waals surface area contributed by atoms with Gasteiger partial charge in [-0.1, -0.05) is 30.3 Å². The minimum Gasteiger partial charge on any atom is -0.320 e. The molecule has 0 spiro atoms. The first-order chi connectivity index (χ1) is 8.83. The summed E-state index contributed by atoms with van der Waals surface area (Å²) < 4.78 is 25.1. The van der Waals surface area contributed by atoms with E-state index in [1.54, 1.807) is 0 Å². The lowest BCUT2D eigenvalue weighted by atomic mass is 10.1. The van der Waals surface area contributed by atoms with Crippen LogP contribution in [0.5, 0.6) is 0 Å². The normalized spacial score (nSPS) is 13.3. The summed E-state index contributed by atoms with van der Waals surface area (Å²) >= 11 is 0. The molecule has 0 saturated heterocycles. The second-order valence-electron chi connectivity index (χ2n) is 4.69. The Labute approximate surface area is 114 Å². The maximum Gasteiger partial charge on any atom is 0.250 e. The predicted molar refractivity (Wildman–Crippen MR) is 74.9 cm³/mol. The number of rotatable bonds is 6. The minimum absolute atomic E-state index is 0.406. The number of nitrogens with one attached hydrogen (secondary N) is 1. The van der Waals surface area contributed by atoms with E-state index in [0.717, 1.165) is 5.56 Å². The highest BCUT2D eigenvalue weighted by atomic mass is 32.2. The number of carbonyl (C=O) groups excluding carboxylic acids is 1. The molecule has 0 aliphatic heterocycles. The van der Waals surface area contributed by atoms with Crippen LogP contribution in [-0.4, -0.2) is 25.6 Å². The predicted octanol–water partition coefficient (Wildman–Crippen LogP) is 0.801. The fourth-order valence-corrected chi connectivity index (χ4v) is 2.10. The highest BCUT2D eigenvalue weighted by Crippen LogP contribution is 2.05. The molecule has 0 heterocycles. The van der Waals surface area contributed by atoms with Gasteiger partial charge in [0, 0.05) is 0 Å². The van der Waals surface area contributed by atoms with Crippen LogP contribution in [0.3, 0.4) is 0 Å². The molecule has 1 aromatic rings. The van der Waals surface area contributed by atoms with E-state index in [-0.39, 0.29) is 0 Å². The van der Waals surface area contributed by atoms with Crippen LogP contribution in [0, 0.1) is 0 Å². The smallest absolute Gasteiger partial charge is 0.250 e. The largest absolute Gasteiger partial charge is 0.320 e. The molecule has 0 saturated carbocycles. The molecule has 3 N–H and O–H groups in total. The summed E-state index contributed by atoms with van der Waals surface area (Å²) in [5, 5.41) is -0.655. The van der Waals surface area contributed by atoms with Crippen LogP contribution in [0.25, 0.3) is 0 Å². The Hall–Kier alpha value is -1.40. The van der Waals surface area contributed by atoms with Gasteiger partial charge in [-0.3, -0.25) is 9.52 Å². The maximum atomic E-state index is 11.7. The Morgan fingerprint density at radius 2 is 1.84 bits per heavy atom. The topological polar surface area (TPSA) is 89.3 Å². The molecule has 0 aliphatic carbocycles. The van der Waals surface area contributed by atoms with Gasteiger partial charge in [0.05, 0.1) is 11.3 Å². The molecule has 0 fully saturated rings. The van der Waals surface area contributed by atoms with Crippen LogP contribution in [0.2, 0.25) is 0 Å². The number of aryl methyl sites for hydroxylation is 1. The fourth-order valence-electron chi connectivity index (χ4n) is 1.43. The van der Waals surface area contributed by atoms with Crippen molar-refractivity contribution in [3.05, 3.63) is 35.9 Å². The van der Waals surface area contributed by atoms with E-state index in [1.165, 1.54) is 13.8 Å². The molecule has 1 atom stereocenters. The fraction of sp³-hybridized carbons (Fsp3) is 0.462. The number of amides is 1. The summed E-state index contributed by atoms with van der Waals surface area (Å²) in [6.07, 6.45) is 1.04. The number of nitrogens with two attached hydrogens (primary N) is 1. The van der Waals surface area contributed by atoms with Crippen LogP contribution in [0.1, 0.15) is 25.8 Å². The van der Waals surface area contributed by atoms with E-state index in [1.807, 2.05) is 35.1 Å². The third-order valence-electron chi connectivity index (χ3n) is 2.79. The third-order valence-corrected chi connectivity index (χ3v) is 4.51. The molecule has 19 heavy (non-hydrogen) atoms. The summed E-state index contributed by atoms with van der Waals surface area (Å²) in [4.78, 5) is 11.7. The lowest BCUT2D eigenvalue weighted by molar-refractivity contribution is -0.120. The number of hydrogen-bond donors (Lipinski definition) is 2. The highest BCUT2D eigenvalue weighted by Gasteiger charge is 2.22. The summed E-state index contributed by atoms with van der Waals surface area (Å²) in [7, 11) is -3.60. The first-order valence-electron chi connectivity index (χ1n) is 6.18. The SMILES string of the molecule is CC(C)S(=O)(=O)NC(=O)C(N)CCc1ccccc1. The molecule has 106 valence electrons. The number of sulfonamides is 1. The first-order valence-corrected chi connectivity index (χ1v) is 7.72. The van der Waals surface area contributed by atoms with Gasteiger partial charge < -0.3 is 5.73 Å². The molecule has 0 bridgehead atoms. The van der Waals surface area contributed by atoms with E-state index < -0.39 is 27.2 Å². The van der Waals surface area contributed by atoms with Crippen molar-refractivity contribution in [2.75, 3.05) is 0 Å². The zero-order valence-corrected chi connectivity index (χ0v) is 12.0. The summed E-state index contributed by atoms with van der Waals surface area (Å²) in [5.74, 6) is -0.648. The average molecular weight is 284 g/mol. The van der Waals surface area contributed by atoms with Gasteiger partial charge in [-0.2, -0.15) is 0 Å². The standard InChI is InChI=1S/C13H20N2O3S/c1-10(2)19(17,18)15-13(16)12(14)9-8-11-6-4-3-5-7-11/h3-7,10,12H,8-9,14H2,1-2H3,(H,15,16). The van der Waals surface area contributed by atoms with Gasteiger partial charge >= 0.3 is 0 Å². The monoisotopic (exact) mass is 284 g/mol. The minimum atomic E-state index is -3.60. The molecular formula is C13H20N2O3S. The zero-order valence-electron chi connectivity index (χ0n) is 11.2. The third kappa shape index (κ3) is 5.00. The number of carbonyl (C=O) groups is 1. The molecule has 1 rings (SSSR count). The lowest BCUT2D eigenvalue weighted by Gasteiger charge is -2.14. The number of benzene rings is 1. The molecular weight excluding hydrogens is 264 g/mol. The van der Waals surface area contributed by atoms with E-state index in [0.29, 0.717) is 12.8 Å². The first kappa shape index (κ1) is 15.7. The molecule has 6 heteroatoms. The van der Waals surface area contributed by atoms with Crippen LogP contribution >= 0.6 is 0 Å². The van der Waals surface area contributed by atoms with E-state index in [2.05, 4.69) is 0 Å². The molecule has 1 aromatic carbocycles. The molecule has 1 amide bonds. The van der Waals surface area contributed by atoms with Crippen molar-refractivity contribution >= 4 is 15.9 Å². The van der Waals surface area contributed by atoms with Crippen LogP contribution in [0.4, 0.5) is 0 Å².